The van der Waals surface area contributed by atoms with Gasteiger partial charge in [-0.2, -0.15) is 26.3 Å². The Morgan fingerprint density at radius 1 is 0.812 bits per heavy atom. The lowest BCUT2D eigenvalue weighted by Gasteiger charge is -2.11. The molecule has 32 heavy (non-hydrogen) atoms. The van der Waals surface area contributed by atoms with E-state index < -0.39 is 29.4 Å². The van der Waals surface area contributed by atoms with Crippen LogP contribution in [-0.4, -0.2) is 15.9 Å². The van der Waals surface area contributed by atoms with Crippen molar-refractivity contribution in [2.75, 3.05) is 0 Å². The highest BCUT2D eigenvalue weighted by atomic mass is 19.4. The second-order valence-electron chi connectivity index (χ2n) is 6.55. The first-order valence-electron chi connectivity index (χ1n) is 9.01. The van der Waals surface area contributed by atoms with E-state index in [9.17, 15) is 26.3 Å². The van der Waals surface area contributed by atoms with E-state index >= 15 is 0 Å². The normalized spacial score (nSPS) is 11.8. The average Bonchev–Trinajstić information content (AvgIpc) is 2.75. The average molecular weight is 455 g/mol. The van der Waals surface area contributed by atoms with E-state index in [1.54, 1.807) is 0 Å². The molecular weight excluding hydrogens is 440 g/mol. The third-order valence-electron chi connectivity index (χ3n) is 4.12. The van der Waals surface area contributed by atoms with Gasteiger partial charge in [-0.3, -0.25) is 10.4 Å². The lowest BCUT2D eigenvalue weighted by molar-refractivity contribution is -0.138. The van der Waals surface area contributed by atoms with Crippen LogP contribution < -0.4 is 4.74 Å². The minimum atomic E-state index is -4.50. The summed E-state index contributed by atoms with van der Waals surface area (Å²) in [6.07, 6.45) is -6.59. The highest BCUT2D eigenvalue weighted by molar-refractivity contribution is 5.89. The number of nitrogens with zero attached hydrogens (tertiary/aromatic N) is 2. The molecule has 5 nitrogen and oxygen atoms in total. The van der Waals surface area contributed by atoms with Gasteiger partial charge in [0.25, 0.3) is 0 Å². The standard InChI is InChI=1S/C21H15F6N3O2/c22-20(23,24)15-5-1-3-13(7-15)11-31-18-10-29-9-17(30-18)19(28)32-12-14-4-2-6-16(8-14)21(25,26)27/h1-10,28H,11-12H2. The van der Waals surface area contributed by atoms with Crippen molar-refractivity contribution in [3.8, 4) is 5.88 Å². The van der Waals surface area contributed by atoms with E-state index in [0.29, 0.717) is 0 Å². The van der Waals surface area contributed by atoms with Gasteiger partial charge >= 0.3 is 12.4 Å². The van der Waals surface area contributed by atoms with Gasteiger partial charge in [-0.15, -0.1) is 0 Å². The van der Waals surface area contributed by atoms with E-state index in [2.05, 4.69) is 9.97 Å². The zero-order valence-corrected chi connectivity index (χ0v) is 16.2. The van der Waals surface area contributed by atoms with Crippen LogP contribution in [0.5, 0.6) is 5.88 Å². The van der Waals surface area contributed by atoms with E-state index in [4.69, 9.17) is 14.9 Å². The van der Waals surface area contributed by atoms with E-state index in [1.807, 2.05) is 0 Å². The van der Waals surface area contributed by atoms with Crippen molar-refractivity contribution in [3.05, 3.63) is 88.9 Å². The number of ether oxygens (including phenoxy) is 2. The van der Waals surface area contributed by atoms with Crippen molar-refractivity contribution in [2.24, 2.45) is 0 Å². The summed E-state index contributed by atoms with van der Waals surface area (Å²) in [7, 11) is 0. The smallest absolute Gasteiger partial charge is 0.416 e. The van der Waals surface area contributed by atoms with Crippen LogP contribution in [0.4, 0.5) is 26.3 Å². The largest absolute Gasteiger partial charge is 0.472 e. The predicted octanol–water partition coefficient (Wildman–Crippen LogP) is 5.64. The van der Waals surface area contributed by atoms with Gasteiger partial charge in [0.2, 0.25) is 11.8 Å². The molecule has 0 fully saturated rings. The first kappa shape index (κ1) is 23.0. The van der Waals surface area contributed by atoms with Crippen molar-refractivity contribution >= 4 is 5.90 Å². The maximum Gasteiger partial charge on any atom is 0.416 e. The predicted molar refractivity (Wildman–Crippen MR) is 101 cm³/mol. The summed E-state index contributed by atoms with van der Waals surface area (Å²) in [6.45, 7) is -0.528. The van der Waals surface area contributed by atoms with Gasteiger partial charge in [0.05, 0.1) is 23.5 Å². The van der Waals surface area contributed by atoms with Crippen LogP contribution >= 0.6 is 0 Å². The molecular formula is C21H15F6N3O2. The summed E-state index contributed by atoms with van der Waals surface area (Å²) >= 11 is 0. The van der Waals surface area contributed by atoms with Crippen molar-refractivity contribution in [3.63, 3.8) is 0 Å². The molecule has 0 spiro atoms. The summed E-state index contributed by atoms with van der Waals surface area (Å²) in [5, 5.41) is 7.92. The number of benzene rings is 2. The number of aromatic nitrogens is 2. The molecule has 3 aromatic rings. The summed E-state index contributed by atoms with van der Waals surface area (Å²) in [6, 6.07) is 9.06. The molecule has 11 heteroatoms. The quantitative estimate of drug-likeness (QED) is 0.297. The minimum absolute atomic E-state index is 0.0569. The molecule has 0 unspecified atom stereocenters. The Bertz CT molecular complexity index is 1100. The molecule has 3 rings (SSSR count). The van der Waals surface area contributed by atoms with Crippen LogP contribution in [0.15, 0.2) is 60.9 Å². The number of rotatable bonds is 6. The highest BCUT2D eigenvalue weighted by Gasteiger charge is 2.31. The number of hydrogen-bond acceptors (Lipinski definition) is 5. The Kier molecular flexibility index (Phi) is 6.66. The summed E-state index contributed by atoms with van der Waals surface area (Å²) in [5.41, 5.74) is -1.26. The Morgan fingerprint density at radius 2 is 1.38 bits per heavy atom. The zero-order chi connectivity index (χ0) is 23.4. The van der Waals surface area contributed by atoms with E-state index in [-0.39, 0.29) is 35.9 Å². The molecule has 0 saturated carbocycles. The fourth-order valence-corrected chi connectivity index (χ4v) is 2.59. The molecule has 2 aromatic carbocycles. The first-order valence-corrected chi connectivity index (χ1v) is 9.01. The highest BCUT2D eigenvalue weighted by Crippen LogP contribution is 2.30. The first-order chi connectivity index (χ1) is 15.0. The molecule has 0 radical (unpaired) electrons. The second kappa shape index (κ2) is 9.25. The van der Waals surface area contributed by atoms with Gasteiger partial charge < -0.3 is 9.47 Å². The lowest BCUT2D eigenvalue weighted by Crippen LogP contribution is -2.10. The SMILES string of the molecule is N=C(OCc1cccc(C(F)(F)F)c1)c1cncc(OCc2cccc(C(F)(F)F)c2)n1. The number of alkyl halides is 6. The van der Waals surface area contributed by atoms with Crippen molar-refractivity contribution in [2.45, 2.75) is 25.6 Å². The molecule has 0 aliphatic rings. The molecule has 1 heterocycles. The molecule has 1 N–H and O–H groups in total. The fraction of sp³-hybridized carbons (Fsp3) is 0.190. The van der Waals surface area contributed by atoms with Crippen molar-refractivity contribution < 1.29 is 35.8 Å². The summed E-state index contributed by atoms with van der Waals surface area (Å²) in [5.74, 6) is -0.522. The summed E-state index contributed by atoms with van der Waals surface area (Å²) in [4.78, 5) is 7.83. The summed E-state index contributed by atoms with van der Waals surface area (Å²) < 4.78 is 87.3. The van der Waals surface area contributed by atoms with Gasteiger partial charge in [0.15, 0.2) is 0 Å². The Hall–Kier alpha value is -3.63. The van der Waals surface area contributed by atoms with Gasteiger partial charge in [-0.1, -0.05) is 24.3 Å². The third kappa shape index (κ3) is 6.19. The topological polar surface area (TPSA) is 68.1 Å². The molecule has 0 amide bonds. The Labute approximate surface area is 178 Å². The van der Waals surface area contributed by atoms with Crippen molar-refractivity contribution in [1.29, 1.82) is 5.41 Å². The van der Waals surface area contributed by atoms with Crippen molar-refractivity contribution in [1.82, 2.24) is 9.97 Å². The fourth-order valence-electron chi connectivity index (χ4n) is 2.59. The Morgan fingerprint density at radius 3 is 1.94 bits per heavy atom. The van der Waals surface area contributed by atoms with Crippen LogP contribution in [-0.2, 0) is 30.3 Å². The van der Waals surface area contributed by atoms with Crippen LogP contribution in [0.2, 0.25) is 0 Å². The van der Waals surface area contributed by atoms with Crippen LogP contribution in [0.1, 0.15) is 27.9 Å². The maximum absolute atomic E-state index is 12.8. The van der Waals surface area contributed by atoms with E-state index in [1.165, 1.54) is 36.7 Å². The van der Waals surface area contributed by atoms with Gasteiger partial charge in [0, 0.05) is 0 Å². The number of nitrogens with one attached hydrogen (secondary N) is 1. The van der Waals surface area contributed by atoms with Gasteiger partial charge in [-0.25, -0.2) is 4.98 Å². The molecule has 0 saturated heterocycles. The van der Waals surface area contributed by atoms with Crippen LogP contribution in [0.25, 0.3) is 0 Å². The molecule has 0 aliphatic carbocycles. The maximum atomic E-state index is 12.8. The third-order valence-corrected chi connectivity index (χ3v) is 4.12. The monoisotopic (exact) mass is 455 g/mol. The molecule has 1 aromatic heterocycles. The minimum Gasteiger partial charge on any atom is -0.472 e. The zero-order valence-electron chi connectivity index (χ0n) is 16.2. The Balaban J connectivity index is 1.62. The number of hydrogen-bond donors (Lipinski definition) is 1. The second-order valence-corrected chi connectivity index (χ2v) is 6.55. The molecule has 0 bridgehead atoms. The molecule has 0 atom stereocenters. The van der Waals surface area contributed by atoms with Gasteiger partial charge in [0.1, 0.15) is 18.9 Å². The van der Waals surface area contributed by atoms with Crippen LogP contribution in [0, 0.1) is 5.41 Å². The molecule has 168 valence electrons. The van der Waals surface area contributed by atoms with Crippen LogP contribution in [0.3, 0.4) is 0 Å². The van der Waals surface area contributed by atoms with E-state index in [0.717, 1.165) is 24.3 Å². The molecule has 0 aliphatic heterocycles. The lowest BCUT2D eigenvalue weighted by atomic mass is 10.1. The van der Waals surface area contributed by atoms with Gasteiger partial charge in [-0.05, 0) is 35.4 Å². The number of halogens is 6.